The van der Waals surface area contributed by atoms with E-state index in [9.17, 15) is 4.79 Å². The standard InChI is InChI=1S/C7H13NOS/c1-6(2)3-4-10-7(9)5-8/h5-6,8H,3-4H2,1-2H3. The van der Waals surface area contributed by atoms with Crippen molar-refractivity contribution in [2.24, 2.45) is 5.92 Å². The molecule has 1 N–H and O–H groups in total. The number of nitrogens with one attached hydrogen (secondary N) is 1. The molecule has 0 rings (SSSR count). The Morgan fingerprint density at radius 3 is 2.70 bits per heavy atom. The first-order valence-electron chi connectivity index (χ1n) is 3.34. The van der Waals surface area contributed by atoms with Gasteiger partial charge in [0.1, 0.15) is 0 Å². The molecule has 58 valence electrons. The van der Waals surface area contributed by atoms with E-state index in [0.29, 0.717) is 5.92 Å². The molecule has 0 heterocycles. The third-order valence-electron chi connectivity index (χ3n) is 1.06. The fourth-order valence-electron chi connectivity index (χ4n) is 0.437. The van der Waals surface area contributed by atoms with Crippen LogP contribution in [0, 0.1) is 11.3 Å². The first-order chi connectivity index (χ1) is 4.66. The molecule has 0 atom stereocenters. The molecule has 0 aromatic rings. The lowest BCUT2D eigenvalue weighted by atomic mass is 10.2. The van der Waals surface area contributed by atoms with Crippen LogP contribution < -0.4 is 0 Å². The average Bonchev–Trinajstić information content (AvgIpc) is 1.87. The van der Waals surface area contributed by atoms with Gasteiger partial charge in [-0.1, -0.05) is 25.6 Å². The third-order valence-corrected chi connectivity index (χ3v) is 1.90. The molecule has 0 saturated heterocycles. The molecule has 0 saturated carbocycles. The number of carbonyl (C=O) groups is 1. The quantitative estimate of drug-likeness (QED) is 0.637. The first-order valence-corrected chi connectivity index (χ1v) is 4.32. The largest absolute Gasteiger partial charge is 0.304 e. The number of hydrogen-bond acceptors (Lipinski definition) is 3. The summed E-state index contributed by atoms with van der Waals surface area (Å²) in [6, 6.07) is 0. The Hall–Kier alpha value is -0.310. The van der Waals surface area contributed by atoms with Crippen LogP contribution in [0.1, 0.15) is 20.3 Å². The van der Waals surface area contributed by atoms with Crippen molar-refractivity contribution in [2.75, 3.05) is 5.75 Å². The fraction of sp³-hybridized carbons (Fsp3) is 0.714. The van der Waals surface area contributed by atoms with E-state index in [1.54, 1.807) is 0 Å². The Bertz CT molecular complexity index is 123. The number of thioether (sulfide) groups is 1. The first kappa shape index (κ1) is 9.69. The van der Waals surface area contributed by atoms with Crippen LogP contribution in [0.2, 0.25) is 0 Å². The van der Waals surface area contributed by atoms with Gasteiger partial charge in [0, 0.05) is 5.75 Å². The second-order valence-electron chi connectivity index (χ2n) is 2.49. The lowest BCUT2D eigenvalue weighted by Crippen LogP contribution is -1.96. The van der Waals surface area contributed by atoms with Gasteiger partial charge in [-0.15, -0.1) is 0 Å². The van der Waals surface area contributed by atoms with Crippen LogP contribution in [0.4, 0.5) is 0 Å². The van der Waals surface area contributed by atoms with Gasteiger partial charge in [0.15, 0.2) is 0 Å². The lowest BCUT2D eigenvalue weighted by Gasteiger charge is -2.00. The number of carbonyl (C=O) groups excluding carboxylic acids is 1. The number of hydrogen-bond donors (Lipinski definition) is 1. The molecular formula is C7H13NOS. The van der Waals surface area contributed by atoms with Gasteiger partial charge >= 0.3 is 0 Å². The van der Waals surface area contributed by atoms with Crippen LogP contribution in [0.15, 0.2) is 0 Å². The predicted molar refractivity (Wildman–Crippen MR) is 45.7 cm³/mol. The summed E-state index contributed by atoms with van der Waals surface area (Å²) in [5.74, 6) is 1.48. The van der Waals surface area contributed by atoms with Crippen molar-refractivity contribution in [2.45, 2.75) is 20.3 Å². The Balaban J connectivity index is 3.19. The van der Waals surface area contributed by atoms with Gasteiger partial charge in [0.25, 0.3) is 0 Å². The average molecular weight is 159 g/mol. The van der Waals surface area contributed by atoms with Crippen molar-refractivity contribution in [3.05, 3.63) is 0 Å². The molecule has 0 unspecified atom stereocenters. The highest BCUT2D eigenvalue weighted by molar-refractivity contribution is 8.15. The molecule has 10 heavy (non-hydrogen) atoms. The van der Waals surface area contributed by atoms with Gasteiger partial charge in [-0.2, -0.15) is 0 Å². The molecule has 0 aliphatic heterocycles. The van der Waals surface area contributed by atoms with Crippen LogP contribution in [0.5, 0.6) is 0 Å². The Kier molecular flexibility index (Phi) is 5.30. The molecule has 0 radical (unpaired) electrons. The van der Waals surface area contributed by atoms with Crippen molar-refractivity contribution in [1.82, 2.24) is 0 Å². The highest BCUT2D eigenvalue weighted by Crippen LogP contribution is 2.07. The van der Waals surface area contributed by atoms with E-state index in [-0.39, 0.29) is 5.12 Å². The smallest absolute Gasteiger partial charge is 0.229 e. The Labute approximate surface area is 65.9 Å². The highest BCUT2D eigenvalue weighted by Gasteiger charge is 1.98. The minimum atomic E-state index is -0.138. The monoisotopic (exact) mass is 159 g/mol. The maximum Gasteiger partial charge on any atom is 0.229 e. The molecule has 0 bridgehead atoms. The van der Waals surface area contributed by atoms with E-state index in [4.69, 9.17) is 5.41 Å². The van der Waals surface area contributed by atoms with Crippen molar-refractivity contribution >= 4 is 23.1 Å². The summed E-state index contributed by atoms with van der Waals surface area (Å²) < 4.78 is 0. The molecule has 0 spiro atoms. The van der Waals surface area contributed by atoms with E-state index in [2.05, 4.69) is 13.8 Å². The topological polar surface area (TPSA) is 40.9 Å². The Morgan fingerprint density at radius 2 is 2.30 bits per heavy atom. The van der Waals surface area contributed by atoms with Crippen molar-refractivity contribution in [3.8, 4) is 0 Å². The SMILES string of the molecule is CC(C)CCSC(=O)C=N. The van der Waals surface area contributed by atoms with Crippen LogP contribution in [0.3, 0.4) is 0 Å². The minimum Gasteiger partial charge on any atom is -0.304 e. The summed E-state index contributed by atoms with van der Waals surface area (Å²) >= 11 is 1.22. The van der Waals surface area contributed by atoms with Crippen molar-refractivity contribution < 1.29 is 4.79 Å². The van der Waals surface area contributed by atoms with Gasteiger partial charge in [0.05, 0.1) is 6.21 Å². The van der Waals surface area contributed by atoms with Crippen LogP contribution in [-0.4, -0.2) is 17.1 Å². The van der Waals surface area contributed by atoms with Gasteiger partial charge in [-0.25, -0.2) is 0 Å². The van der Waals surface area contributed by atoms with Crippen LogP contribution in [0.25, 0.3) is 0 Å². The second kappa shape index (κ2) is 5.47. The molecular weight excluding hydrogens is 146 g/mol. The molecule has 2 nitrogen and oxygen atoms in total. The van der Waals surface area contributed by atoms with E-state index in [0.717, 1.165) is 18.4 Å². The molecule has 0 aromatic heterocycles. The van der Waals surface area contributed by atoms with E-state index in [1.165, 1.54) is 11.8 Å². The molecule has 0 fully saturated rings. The normalized spacial score (nSPS) is 9.90. The van der Waals surface area contributed by atoms with Gasteiger partial charge < -0.3 is 5.41 Å². The Morgan fingerprint density at radius 1 is 1.70 bits per heavy atom. The van der Waals surface area contributed by atoms with E-state index in [1.807, 2.05) is 0 Å². The summed E-state index contributed by atoms with van der Waals surface area (Å²) in [4.78, 5) is 10.5. The molecule has 3 heteroatoms. The lowest BCUT2D eigenvalue weighted by molar-refractivity contribution is -0.105. The highest BCUT2D eigenvalue weighted by atomic mass is 32.2. The summed E-state index contributed by atoms with van der Waals surface area (Å²) in [6.45, 7) is 4.24. The predicted octanol–water partition coefficient (Wildman–Crippen LogP) is 1.94. The zero-order valence-corrected chi connectivity index (χ0v) is 7.20. The third kappa shape index (κ3) is 5.82. The summed E-state index contributed by atoms with van der Waals surface area (Å²) in [6.07, 6.45) is 1.91. The van der Waals surface area contributed by atoms with Crippen molar-refractivity contribution in [3.63, 3.8) is 0 Å². The molecule has 0 aliphatic rings. The fourth-order valence-corrected chi connectivity index (χ4v) is 1.31. The molecule has 0 amide bonds. The van der Waals surface area contributed by atoms with Crippen LogP contribution in [-0.2, 0) is 4.79 Å². The van der Waals surface area contributed by atoms with Crippen LogP contribution >= 0.6 is 11.8 Å². The summed E-state index contributed by atoms with van der Waals surface area (Å²) in [5.41, 5.74) is 0. The van der Waals surface area contributed by atoms with Gasteiger partial charge in [-0.05, 0) is 12.3 Å². The summed E-state index contributed by atoms with van der Waals surface area (Å²) in [5, 5.41) is 6.46. The molecule has 0 aromatic carbocycles. The number of rotatable bonds is 4. The van der Waals surface area contributed by atoms with E-state index >= 15 is 0 Å². The second-order valence-corrected chi connectivity index (χ2v) is 3.59. The van der Waals surface area contributed by atoms with E-state index < -0.39 is 0 Å². The van der Waals surface area contributed by atoms with Crippen molar-refractivity contribution in [1.29, 1.82) is 5.41 Å². The summed E-state index contributed by atoms with van der Waals surface area (Å²) in [7, 11) is 0. The molecule has 0 aliphatic carbocycles. The van der Waals surface area contributed by atoms with Gasteiger partial charge in [-0.3, -0.25) is 4.79 Å². The zero-order valence-electron chi connectivity index (χ0n) is 6.39. The maximum absolute atomic E-state index is 10.5. The maximum atomic E-state index is 10.5. The minimum absolute atomic E-state index is 0.138. The van der Waals surface area contributed by atoms with Gasteiger partial charge in [0.2, 0.25) is 5.12 Å². The zero-order chi connectivity index (χ0) is 7.98.